The van der Waals surface area contributed by atoms with Crippen molar-refractivity contribution in [2.24, 2.45) is 5.92 Å². The molecule has 3 amide bonds. The van der Waals surface area contributed by atoms with Crippen LogP contribution in [0, 0.1) is 5.92 Å². The topological polar surface area (TPSA) is 78.5 Å². The zero-order valence-electron chi connectivity index (χ0n) is 16.0. The molecule has 1 aromatic heterocycles. The Morgan fingerprint density at radius 2 is 2.00 bits per heavy atom. The first-order valence-corrected chi connectivity index (χ1v) is 10.9. The molecule has 3 rings (SSSR count). The van der Waals surface area contributed by atoms with Crippen molar-refractivity contribution in [1.29, 1.82) is 0 Å². The molecule has 1 aliphatic carbocycles. The normalized spacial score (nSPS) is 22.1. The first-order valence-electron chi connectivity index (χ1n) is 9.99. The number of thiophene rings is 1. The molecule has 2 heterocycles. The van der Waals surface area contributed by atoms with E-state index in [9.17, 15) is 14.4 Å². The second-order valence-corrected chi connectivity index (χ2v) is 8.51. The van der Waals surface area contributed by atoms with Gasteiger partial charge in [-0.1, -0.05) is 25.3 Å². The predicted molar refractivity (Wildman–Crippen MR) is 106 cm³/mol. The number of nitrogens with one attached hydrogen (secondary N) is 2. The van der Waals surface area contributed by atoms with Gasteiger partial charge in [0.05, 0.1) is 10.8 Å². The van der Waals surface area contributed by atoms with E-state index in [1.165, 1.54) is 11.3 Å². The summed E-state index contributed by atoms with van der Waals surface area (Å²) >= 11 is 1.43. The van der Waals surface area contributed by atoms with Crippen LogP contribution in [-0.4, -0.2) is 47.8 Å². The lowest BCUT2D eigenvalue weighted by Crippen LogP contribution is -2.61. The van der Waals surface area contributed by atoms with Crippen molar-refractivity contribution in [2.75, 3.05) is 19.6 Å². The van der Waals surface area contributed by atoms with Crippen LogP contribution in [0.5, 0.6) is 0 Å². The second kappa shape index (κ2) is 8.87. The highest BCUT2D eigenvalue weighted by Gasteiger charge is 2.42. The van der Waals surface area contributed by atoms with E-state index < -0.39 is 5.54 Å². The average molecular weight is 392 g/mol. The van der Waals surface area contributed by atoms with Gasteiger partial charge in [-0.3, -0.25) is 14.4 Å². The Kier molecular flexibility index (Phi) is 6.52. The Balaban J connectivity index is 1.66. The van der Waals surface area contributed by atoms with Crippen LogP contribution in [0.25, 0.3) is 0 Å². The smallest absolute Gasteiger partial charge is 0.263 e. The summed E-state index contributed by atoms with van der Waals surface area (Å²) in [5.74, 6) is -0.415. The van der Waals surface area contributed by atoms with Gasteiger partial charge in [-0.05, 0) is 44.1 Å². The predicted octanol–water partition coefficient (Wildman–Crippen LogP) is 2.56. The fourth-order valence-corrected chi connectivity index (χ4v) is 4.85. The molecule has 0 aromatic carbocycles. The van der Waals surface area contributed by atoms with Gasteiger partial charge in [0, 0.05) is 19.6 Å². The number of carbonyl (C=O) groups is 3. The van der Waals surface area contributed by atoms with Crippen LogP contribution in [0.2, 0.25) is 0 Å². The van der Waals surface area contributed by atoms with Gasteiger partial charge in [0.15, 0.2) is 0 Å². The second-order valence-electron chi connectivity index (χ2n) is 7.56. The van der Waals surface area contributed by atoms with Crippen LogP contribution >= 0.6 is 11.3 Å². The van der Waals surface area contributed by atoms with E-state index in [0.717, 1.165) is 32.1 Å². The minimum atomic E-state index is -0.786. The number of rotatable bonds is 5. The average Bonchev–Trinajstić information content (AvgIpc) is 3.23. The molecule has 0 spiro atoms. The Hall–Kier alpha value is -1.89. The van der Waals surface area contributed by atoms with E-state index in [0.29, 0.717) is 37.4 Å². The molecule has 1 saturated heterocycles. The molecular weight excluding hydrogens is 362 g/mol. The summed E-state index contributed by atoms with van der Waals surface area (Å²) in [5.41, 5.74) is -0.786. The van der Waals surface area contributed by atoms with Crippen molar-refractivity contribution >= 4 is 29.1 Å². The molecule has 6 nitrogen and oxygen atoms in total. The van der Waals surface area contributed by atoms with Crippen molar-refractivity contribution in [3.05, 3.63) is 22.4 Å². The van der Waals surface area contributed by atoms with Crippen molar-refractivity contribution < 1.29 is 14.4 Å². The van der Waals surface area contributed by atoms with Gasteiger partial charge in [0.25, 0.3) is 5.91 Å². The maximum absolute atomic E-state index is 13.0. The van der Waals surface area contributed by atoms with E-state index >= 15 is 0 Å². The molecule has 2 aliphatic rings. The van der Waals surface area contributed by atoms with Crippen LogP contribution < -0.4 is 10.6 Å². The number of carbonyl (C=O) groups excluding carboxylic acids is 3. The molecular formula is C20H29N3O3S. The molecule has 27 heavy (non-hydrogen) atoms. The third kappa shape index (κ3) is 4.51. The third-order valence-corrected chi connectivity index (χ3v) is 6.51. The lowest BCUT2D eigenvalue weighted by molar-refractivity contribution is -0.137. The Morgan fingerprint density at radius 3 is 2.67 bits per heavy atom. The Morgan fingerprint density at radius 1 is 1.22 bits per heavy atom. The van der Waals surface area contributed by atoms with Crippen molar-refractivity contribution in [1.82, 2.24) is 15.5 Å². The van der Waals surface area contributed by atoms with Crippen LogP contribution in [0.15, 0.2) is 17.5 Å². The fraction of sp³-hybridized carbons (Fsp3) is 0.650. The maximum Gasteiger partial charge on any atom is 0.263 e. The van der Waals surface area contributed by atoms with E-state index in [2.05, 4.69) is 10.6 Å². The number of hydrogen-bond acceptors (Lipinski definition) is 4. The van der Waals surface area contributed by atoms with Crippen molar-refractivity contribution in [3.8, 4) is 0 Å². The number of amides is 3. The zero-order valence-corrected chi connectivity index (χ0v) is 16.8. The van der Waals surface area contributed by atoms with E-state index in [4.69, 9.17) is 0 Å². The highest BCUT2D eigenvalue weighted by atomic mass is 32.1. The monoisotopic (exact) mass is 391 g/mol. The third-order valence-electron chi connectivity index (χ3n) is 5.65. The summed E-state index contributed by atoms with van der Waals surface area (Å²) in [7, 11) is 0. The number of piperidine rings is 1. The largest absolute Gasteiger partial charge is 0.354 e. The van der Waals surface area contributed by atoms with Crippen LogP contribution in [0.4, 0.5) is 0 Å². The first kappa shape index (κ1) is 19.9. The summed E-state index contributed by atoms with van der Waals surface area (Å²) in [5, 5.41) is 7.88. The fourth-order valence-electron chi connectivity index (χ4n) is 4.16. The highest BCUT2D eigenvalue weighted by molar-refractivity contribution is 7.12. The summed E-state index contributed by atoms with van der Waals surface area (Å²) in [6, 6.07) is 3.69. The zero-order chi connectivity index (χ0) is 19.3. The standard InChI is InChI=1S/C20H29N3O3S/c1-2-21-19(26)20(10-4-3-5-11-20)22-17(24)15-8-6-12-23(14-15)18(25)16-9-7-13-27-16/h7,9,13,15H,2-6,8,10-12,14H2,1H3,(H,21,26)(H,22,24). The number of likely N-dealkylation sites (N-methyl/N-ethyl adjacent to an activating group) is 1. The summed E-state index contributed by atoms with van der Waals surface area (Å²) in [4.78, 5) is 40.8. The SMILES string of the molecule is CCNC(=O)C1(NC(=O)C2CCCN(C(=O)c3cccs3)C2)CCCCC1. The van der Waals surface area contributed by atoms with Crippen LogP contribution in [0.1, 0.15) is 61.5 Å². The number of likely N-dealkylation sites (tertiary alicyclic amines) is 1. The maximum atomic E-state index is 13.0. The van der Waals surface area contributed by atoms with Gasteiger partial charge in [-0.25, -0.2) is 0 Å². The lowest BCUT2D eigenvalue weighted by Gasteiger charge is -2.39. The van der Waals surface area contributed by atoms with E-state index in [-0.39, 0.29) is 23.6 Å². The minimum absolute atomic E-state index is 0.00129. The summed E-state index contributed by atoms with van der Waals surface area (Å²) in [6.45, 7) is 3.56. The lowest BCUT2D eigenvalue weighted by atomic mass is 9.80. The Labute approximate surface area is 164 Å². The molecule has 1 unspecified atom stereocenters. The van der Waals surface area contributed by atoms with Gasteiger partial charge in [0.1, 0.15) is 5.54 Å². The molecule has 1 atom stereocenters. The van der Waals surface area contributed by atoms with Gasteiger partial charge >= 0.3 is 0 Å². The Bertz CT molecular complexity index is 668. The quantitative estimate of drug-likeness (QED) is 0.810. The number of nitrogens with zero attached hydrogens (tertiary/aromatic N) is 1. The minimum Gasteiger partial charge on any atom is -0.354 e. The van der Waals surface area contributed by atoms with Gasteiger partial charge in [-0.2, -0.15) is 0 Å². The molecule has 1 saturated carbocycles. The first-order chi connectivity index (χ1) is 13.1. The molecule has 7 heteroatoms. The van der Waals surface area contributed by atoms with E-state index in [1.807, 2.05) is 24.4 Å². The molecule has 0 radical (unpaired) electrons. The van der Waals surface area contributed by atoms with Crippen LogP contribution in [-0.2, 0) is 9.59 Å². The molecule has 148 valence electrons. The molecule has 0 bridgehead atoms. The van der Waals surface area contributed by atoms with Crippen molar-refractivity contribution in [2.45, 2.75) is 57.4 Å². The molecule has 1 aromatic rings. The van der Waals surface area contributed by atoms with Gasteiger partial charge in [0.2, 0.25) is 11.8 Å². The van der Waals surface area contributed by atoms with Crippen molar-refractivity contribution in [3.63, 3.8) is 0 Å². The number of hydrogen-bond donors (Lipinski definition) is 2. The molecule has 2 N–H and O–H groups in total. The molecule has 1 aliphatic heterocycles. The highest BCUT2D eigenvalue weighted by Crippen LogP contribution is 2.30. The summed E-state index contributed by atoms with van der Waals surface area (Å²) < 4.78 is 0. The molecule has 2 fully saturated rings. The van der Waals surface area contributed by atoms with E-state index in [1.54, 1.807) is 4.90 Å². The van der Waals surface area contributed by atoms with Crippen LogP contribution in [0.3, 0.4) is 0 Å². The van der Waals surface area contributed by atoms with Gasteiger partial charge in [-0.15, -0.1) is 11.3 Å². The summed E-state index contributed by atoms with van der Waals surface area (Å²) in [6.07, 6.45) is 5.94. The van der Waals surface area contributed by atoms with Gasteiger partial charge < -0.3 is 15.5 Å².